The average molecular weight is 470 g/mol. The maximum absolute atomic E-state index is 12.9. The van der Waals surface area contributed by atoms with Crippen LogP contribution in [0.25, 0.3) is 0 Å². The van der Waals surface area contributed by atoms with Gasteiger partial charge in [0.15, 0.2) is 5.75 Å². The van der Waals surface area contributed by atoms with Crippen LogP contribution in [0.5, 0.6) is 5.75 Å². The Hall–Kier alpha value is -2.36. The number of methoxy groups -OCH3 is 1. The summed E-state index contributed by atoms with van der Waals surface area (Å²) in [5, 5.41) is 11.3. The zero-order valence-corrected chi connectivity index (χ0v) is 19.2. The lowest BCUT2D eigenvalue weighted by Crippen LogP contribution is -3.11. The molecule has 0 heterocycles. The molecule has 3 rings (SSSR count). The Balaban J connectivity index is 0.00000341. The number of nitrogens with one attached hydrogen (secondary N) is 2. The first-order valence-corrected chi connectivity index (χ1v) is 11.6. The van der Waals surface area contributed by atoms with E-state index in [1.54, 1.807) is 12.1 Å². The Morgan fingerprint density at radius 1 is 1.16 bits per heavy atom. The van der Waals surface area contributed by atoms with Crippen LogP contribution in [-0.4, -0.2) is 33.5 Å². The molecule has 2 aromatic rings. The summed E-state index contributed by atoms with van der Waals surface area (Å²) in [4.78, 5) is 11.8. The molecule has 2 aromatic carbocycles. The zero-order valence-electron chi connectivity index (χ0n) is 17.6. The normalized spacial score (nSPS) is 15.5. The zero-order chi connectivity index (χ0) is 21.7. The van der Waals surface area contributed by atoms with Crippen molar-refractivity contribution in [1.29, 1.82) is 0 Å². The molecule has 1 atom stereocenters. The number of hydrogen-bond acceptors (Lipinski definition) is 5. The number of rotatable bonds is 8. The molecule has 0 saturated heterocycles. The minimum atomic E-state index is -4.00. The minimum absolute atomic E-state index is 0. The van der Waals surface area contributed by atoms with Gasteiger partial charge in [0.05, 0.1) is 35.7 Å². The topological polar surface area (TPSA) is 103 Å². The molecular weight excluding hydrogens is 442 g/mol. The van der Waals surface area contributed by atoms with Crippen molar-refractivity contribution in [2.24, 2.45) is 0 Å². The van der Waals surface area contributed by atoms with Gasteiger partial charge in [0.25, 0.3) is 10.0 Å². The van der Waals surface area contributed by atoms with Gasteiger partial charge in [-0.25, -0.2) is 8.42 Å². The minimum Gasteiger partial charge on any atom is -1.00 e. The molecule has 0 amide bonds. The number of nitro groups is 1. The summed E-state index contributed by atoms with van der Waals surface area (Å²) in [6, 6.07) is 11.5. The monoisotopic (exact) mass is 469 g/mol. The Kier molecular flexibility index (Phi) is 8.67. The van der Waals surface area contributed by atoms with Crippen molar-refractivity contribution in [2.45, 2.75) is 49.6 Å². The Morgan fingerprint density at radius 3 is 2.48 bits per heavy atom. The third-order valence-electron chi connectivity index (χ3n) is 5.69. The van der Waals surface area contributed by atoms with Gasteiger partial charge in [0.1, 0.15) is 6.54 Å². The highest BCUT2D eigenvalue weighted by Crippen LogP contribution is 2.30. The van der Waals surface area contributed by atoms with E-state index in [4.69, 9.17) is 4.74 Å². The van der Waals surface area contributed by atoms with Gasteiger partial charge in [-0.1, -0.05) is 24.6 Å². The standard InChI is InChI=1S/C21H27N3O5S.ClH/c1-23(17-9-4-3-5-10-17)15-16-8-6-7-11-19(16)22-30(27,28)18-12-13-21(29-2)20(14-18)24(25)26;/h6-8,11-14,17,22H,3-5,9-10,15H2,1-2H3;1H. The number of sulfonamides is 1. The molecule has 0 radical (unpaired) electrons. The van der Waals surface area contributed by atoms with Crippen molar-refractivity contribution in [3.05, 3.63) is 58.1 Å². The fourth-order valence-electron chi connectivity index (χ4n) is 4.00. The SMILES string of the molecule is COc1ccc(S(=O)(=O)Nc2ccccc2C[NH+](C)C2CCCCC2)cc1[N+](=O)[O-].[Cl-]. The lowest BCUT2D eigenvalue weighted by atomic mass is 9.94. The molecule has 2 N–H and O–H groups in total. The number of quaternary nitrogens is 1. The van der Waals surface area contributed by atoms with E-state index >= 15 is 0 Å². The lowest BCUT2D eigenvalue weighted by molar-refractivity contribution is -0.921. The third kappa shape index (κ3) is 6.09. The fraction of sp³-hybridized carbons (Fsp3) is 0.429. The Morgan fingerprint density at radius 2 is 1.84 bits per heavy atom. The molecule has 1 fully saturated rings. The summed E-state index contributed by atoms with van der Waals surface area (Å²) < 4.78 is 33.4. The van der Waals surface area contributed by atoms with Gasteiger partial charge < -0.3 is 22.0 Å². The highest BCUT2D eigenvalue weighted by molar-refractivity contribution is 7.92. The van der Waals surface area contributed by atoms with E-state index in [0.717, 1.165) is 11.6 Å². The van der Waals surface area contributed by atoms with Crippen LogP contribution in [0.3, 0.4) is 0 Å². The molecule has 1 unspecified atom stereocenters. The second-order valence-electron chi connectivity index (χ2n) is 7.71. The number of hydrogen-bond donors (Lipinski definition) is 2. The van der Waals surface area contributed by atoms with Gasteiger partial charge in [-0.05, 0) is 43.9 Å². The first-order chi connectivity index (χ1) is 14.3. The summed E-state index contributed by atoms with van der Waals surface area (Å²) in [5.74, 6) is 0.0112. The third-order valence-corrected chi connectivity index (χ3v) is 7.05. The number of nitro benzene ring substituents is 1. The van der Waals surface area contributed by atoms with Crippen LogP contribution in [0.1, 0.15) is 37.7 Å². The second-order valence-corrected chi connectivity index (χ2v) is 9.39. The van der Waals surface area contributed by atoms with Crippen molar-refractivity contribution in [1.82, 2.24) is 0 Å². The lowest BCUT2D eigenvalue weighted by Gasteiger charge is -2.28. The molecule has 1 aliphatic carbocycles. The first kappa shape index (κ1) is 24.9. The molecule has 10 heteroatoms. The van der Waals surface area contributed by atoms with Gasteiger partial charge in [0.2, 0.25) is 0 Å². The van der Waals surface area contributed by atoms with E-state index in [-0.39, 0.29) is 23.1 Å². The maximum Gasteiger partial charge on any atom is 0.312 e. The van der Waals surface area contributed by atoms with Crippen molar-refractivity contribution in [2.75, 3.05) is 18.9 Å². The van der Waals surface area contributed by atoms with E-state index in [1.807, 2.05) is 12.1 Å². The van der Waals surface area contributed by atoms with Crippen LogP contribution >= 0.6 is 0 Å². The van der Waals surface area contributed by atoms with E-state index < -0.39 is 20.6 Å². The number of anilines is 1. The van der Waals surface area contributed by atoms with Crippen LogP contribution in [0.2, 0.25) is 0 Å². The predicted molar refractivity (Wildman–Crippen MR) is 114 cm³/mol. The van der Waals surface area contributed by atoms with Gasteiger partial charge in [-0.2, -0.15) is 0 Å². The molecule has 170 valence electrons. The molecule has 31 heavy (non-hydrogen) atoms. The Bertz CT molecular complexity index is 1010. The smallest absolute Gasteiger partial charge is 0.312 e. The van der Waals surface area contributed by atoms with Crippen LogP contribution in [0, 0.1) is 10.1 Å². The second kappa shape index (κ2) is 10.8. The largest absolute Gasteiger partial charge is 1.00 e. The summed E-state index contributed by atoms with van der Waals surface area (Å²) in [6.07, 6.45) is 6.15. The molecular formula is C21H28ClN3O5S. The molecule has 0 aliphatic heterocycles. The predicted octanol–water partition coefficient (Wildman–Crippen LogP) is -0.244. The van der Waals surface area contributed by atoms with Crippen LogP contribution in [-0.2, 0) is 16.6 Å². The molecule has 8 nitrogen and oxygen atoms in total. The van der Waals surface area contributed by atoms with Crippen molar-refractivity contribution in [3.63, 3.8) is 0 Å². The highest BCUT2D eigenvalue weighted by atomic mass is 35.5. The van der Waals surface area contributed by atoms with Gasteiger partial charge in [-0.3, -0.25) is 14.8 Å². The van der Waals surface area contributed by atoms with E-state index in [0.29, 0.717) is 18.3 Å². The van der Waals surface area contributed by atoms with E-state index in [9.17, 15) is 18.5 Å². The summed E-state index contributed by atoms with van der Waals surface area (Å²) >= 11 is 0. The molecule has 1 aliphatic rings. The number of nitrogens with zero attached hydrogens (tertiary/aromatic N) is 1. The summed E-state index contributed by atoms with van der Waals surface area (Å²) in [6.45, 7) is 0.701. The molecule has 0 bridgehead atoms. The van der Waals surface area contributed by atoms with Crippen LogP contribution < -0.4 is 26.8 Å². The number of para-hydroxylation sites is 1. The Labute approximate surface area is 189 Å². The quantitative estimate of drug-likeness (QED) is 0.410. The van der Waals surface area contributed by atoms with Gasteiger partial charge in [-0.15, -0.1) is 0 Å². The van der Waals surface area contributed by atoms with E-state index in [1.165, 1.54) is 56.2 Å². The highest BCUT2D eigenvalue weighted by Gasteiger charge is 2.25. The van der Waals surface area contributed by atoms with E-state index in [2.05, 4.69) is 11.8 Å². The summed E-state index contributed by atoms with van der Waals surface area (Å²) in [7, 11) is -0.548. The average Bonchev–Trinajstić information content (AvgIpc) is 2.75. The number of benzene rings is 2. The van der Waals surface area contributed by atoms with Crippen molar-refractivity contribution >= 4 is 21.4 Å². The molecule has 0 aromatic heterocycles. The number of ether oxygens (including phenoxy) is 1. The summed E-state index contributed by atoms with van der Waals surface area (Å²) in [5.41, 5.74) is 0.994. The van der Waals surface area contributed by atoms with Crippen molar-refractivity contribution < 1.29 is 35.4 Å². The van der Waals surface area contributed by atoms with Gasteiger partial charge in [0, 0.05) is 11.6 Å². The maximum atomic E-state index is 12.9. The first-order valence-electron chi connectivity index (χ1n) is 10.1. The molecule has 0 spiro atoms. The van der Waals surface area contributed by atoms with Gasteiger partial charge >= 0.3 is 5.69 Å². The fourth-order valence-corrected chi connectivity index (χ4v) is 5.12. The van der Waals surface area contributed by atoms with Crippen molar-refractivity contribution in [3.8, 4) is 5.75 Å². The number of halogens is 1. The van der Waals surface area contributed by atoms with Crippen LogP contribution in [0.4, 0.5) is 11.4 Å². The molecule has 1 saturated carbocycles. The van der Waals surface area contributed by atoms with Crippen LogP contribution in [0.15, 0.2) is 47.4 Å².